The number of nitrogens with zero attached hydrogens (tertiary/aromatic N) is 1. The molecule has 0 unspecified atom stereocenters. The molecule has 0 aliphatic carbocycles. The van der Waals surface area contributed by atoms with E-state index in [1.807, 2.05) is 61.5 Å². The van der Waals surface area contributed by atoms with E-state index in [4.69, 9.17) is 0 Å². The normalized spacial score (nSPS) is 10.5. The number of carbonyl (C=O) groups excluding carboxylic acids is 1. The summed E-state index contributed by atoms with van der Waals surface area (Å²) in [5, 5.41) is 3.82. The van der Waals surface area contributed by atoms with Crippen LogP contribution >= 0.6 is 33.9 Å². The van der Waals surface area contributed by atoms with Gasteiger partial charge in [-0.2, -0.15) is 0 Å². The first-order valence-electron chi connectivity index (χ1n) is 6.74. The van der Waals surface area contributed by atoms with Crippen molar-refractivity contribution in [2.75, 3.05) is 5.32 Å². The molecule has 0 aliphatic heterocycles. The minimum atomic E-state index is -0.110. The number of thiazole rings is 1. The van der Waals surface area contributed by atoms with Gasteiger partial charge in [0.2, 0.25) is 0 Å². The van der Waals surface area contributed by atoms with Gasteiger partial charge in [-0.15, -0.1) is 11.3 Å². The lowest BCUT2D eigenvalue weighted by molar-refractivity contribution is 0.102. The van der Waals surface area contributed by atoms with Crippen molar-refractivity contribution in [1.82, 2.24) is 4.98 Å². The number of carbonyl (C=O) groups is 1. The number of aryl methyl sites for hydroxylation is 1. The Balaban J connectivity index is 1.88. The van der Waals surface area contributed by atoms with E-state index in [0.717, 1.165) is 25.5 Å². The number of benzene rings is 2. The summed E-state index contributed by atoms with van der Waals surface area (Å²) in [7, 11) is 0. The molecule has 3 rings (SSSR count). The number of hydrogen-bond acceptors (Lipinski definition) is 3. The van der Waals surface area contributed by atoms with Crippen molar-refractivity contribution in [3.63, 3.8) is 0 Å². The summed E-state index contributed by atoms with van der Waals surface area (Å²) in [6.45, 7) is 1.87. The van der Waals surface area contributed by atoms with Crippen molar-refractivity contribution in [1.29, 1.82) is 0 Å². The lowest BCUT2D eigenvalue weighted by atomic mass is 10.2. The standard InChI is InChI=1S/C17H13IN2OS/c1-11-15(16(21)20-14-10-6-5-9-13(14)18)22-17(19-11)12-7-3-2-4-8-12/h2-10H,1H3,(H,20,21). The Kier molecular flexibility index (Phi) is 4.54. The average molecular weight is 420 g/mol. The zero-order chi connectivity index (χ0) is 15.5. The number of aromatic nitrogens is 1. The van der Waals surface area contributed by atoms with Crippen LogP contribution in [0.15, 0.2) is 54.6 Å². The number of anilines is 1. The van der Waals surface area contributed by atoms with Crippen LogP contribution in [-0.2, 0) is 0 Å². The second-order valence-corrected chi connectivity index (χ2v) is 6.89. The molecule has 0 spiro atoms. The number of nitrogens with one attached hydrogen (secondary N) is 1. The molecule has 110 valence electrons. The van der Waals surface area contributed by atoms with Crippen LogP contribution in [0, 0.1) is 10.5 Å². The molecule has 0 aliphatic rings. The Labute approximate surface area is 146 Å². The molecule has 3 nitrogen and oxygen atoms in total. The van der Waals surface area contributed by atoms with Crippen molar-refractivity contribution in [3.8, 4) is 10.6 Å². The third-order valence-corrected chi connectivity index (χ3v) is 5.29. The summed E-state index contributed by atoms with van der Waals surface area (Å²) in [5.74, 6) is -0.110. The summed E-state index contributed by atoms with van der Waals surface area (Å²) < 4.78 is 1.01. The Morgan fingerprint density at radius 1 is 1.09 bits per heavy atom. The van der Waals surface area contributed by atoms with Crippen molar-refractivity contribution >= 4 is 45.5 Å². The predicted molar refractivity (Wildman–Crippen MR) is 99.4 cm³/mol. The Bertz CT molecular complexity index is 815. The molecule has 5 heteroatoms. The Hall–Kier alpha value is -1.73. The van der Waals surface area contributed by atoms with Crippen LogP contribution in [0.5, 0.6) is 0 Å². The van der Waals surface area contributed by atoms with Gasteiger partial charge in [0.25, 0.3) is 5.91 Å². The fraction of sp³-hybridized carbons (Fsp3) is 0.0588. The number of para-hydroxylation sites is 1. The first-order valence-corrected chi connectivity index (χ1v) is 8.63. The van der Waals surface area contributed by atoms with Crippen LogP contribution in [0.25, 0.3) is 10.6 Å². The summed E-state index contributed by atoms with van der Waals surface area (Å²) in [4.78, 5) is 17.7. The quantitative estimate of drug-likeness (QED) is 0.608. The van der Waals surface area contributed by atoms with E-state index in [1.54, 1.807) is 0 Å². The highest BCUT2D eigenvalue weighted by Gasteiger charge is 2.16. The second kappa shape index (κ2) is 6.58. The first kappa shape index (κ1) is 15.2. The summed E-state index contributed by atoms with van der Waals surface area (Å²) in [5.41, 5.74) is 2.61. The Morgan fingerprint density at radius 3 is 2.50 bits per heavy atom. The highest BCUT2D eigenvalue weighted by Crippen LogP contribution is 2.28. The fourth-order valence-corrected chi connectivity index (χ4v) is 3.54. The molecule has 0 fully saturated rings. The highest BCUT2D eigenvalue weighted by atomic mass is 127. The van der Waals surface area contributed by atoms with E-state index in [0.29, 0.717) is 4.88 Å². The molecule has 0 atom stereocenters. The second-order valence-electron chi connectivity index (χ2n) is 4.73. The predicted octanol–water partition coefficient (Wildman–Crippen LogP) is 4.98. The van der Waals surface area contributed by atoms with E-state index in [1.165, 1.54) is 11.3 Å². The van der Waals surface area contributed by atoms with Crippen LogP contribution in [0.1, 0.15) is 15.4 Å². The van der Waals surface area contributed by atoms with Crippen molar-refractivity contribution < 1.29 is 4.79 Å². The van der Waals surface area contributed by atoms with E-state index in [-0.39, 0.29) is 5.91 Å². The van der Waals surface area contributed by atoms with Crippen LogP contribution in [0.2, 0.25) is 0 Å². The van der Waals surface area contributed by atoms with Gasteiger partial charge in [-0.05, 0) is 41.6 Å². The molecule has 22 heavy (non-hydrogen) atoms. The number of rotatable bonds is 3. The van der Waals surface area contributed by atoms with E-state index in [9.17, 15) is 4.79 Å². The highest BCUT2D eigenvalue weighted by molar-refractivity contribution is 14.1. The largest absolute Gasteiger partial charge is 0.320 e. The molecule has 0 saturated heterocycles. The number of halogens is 1. The van der Waals surface area contributed by atoms with Gasteiger partial charge in [-0.25, -0.2) is 4.98 Å². The third-order valence-electron chi connectivity index (χ3n) is 3.15. The Morgan fingerprint density at radius 2 is 1.77 bits per heavy atom. The molecule has 1 aromatic heterocycles. The van der Waals surface area contributed by atoms with Crippen molar-refractivity contribution in [2.24, 2.45) is 0 Å². The molecule has 0 radical (unpaired) electrons. The molecular formula is C17H13IN2OS. The molecule has 2 aromatic carbocycles. The average Bonchev–Trinajstić information content (AvgIpc) is 2.92. The van der Waals surface area contributed by atoms with E-state index < -0.39 is 0 Å². The zero-order valence-electron chi connectivity index (χ0n) is 11.8. The molecule has 3 aromatic rings. The van der Waals surface area contributed by atoms with Crippen molar-refractivity contribution in [2.45, 2.75) is 6.92 Å². The van der Waals surface area contributed by atoms with Crippen LogP contribution in [-0.4, -0.2) is 10.9 Å². The maximum Gasteiger partial charge on any atom is 0.267 e. The van der Waals surface area contributed by atoms with Gasteiger partial charge in [0.05, 0.1) is 11.4 Å². The monoisotopic (exact) mass is 420 g/mol. The van der Waals surface area contributed by atoms with E-state index >= 15 is 0 Å². The maximum atomic E-state index is 12.5. The lowest BCUT2D eigenvalue weighted by Gasteiger charge is -2.05. The van der Waals surface area contributed by atoms with Gasteiger partial charge >= 0.3 is 0 Å². The number of amides is 1. The third kappa shape index (κ3) is 3.20. The summed E-state index contributed by atoms with van der Waals surface area (Å²) >= 11 is 3.63. The molecule has 1 amide bonds. The topological polar surface area (TPSA) is 42.0 Å². The van der Waals surface area contributed by atoms with Gasteiger partial charge in [-0.1, -0.05) is 42.5 Å². The van der Waals surface area contributed by atoms with Crippen LogP contribution in [0.4, 0.5) is 5.69 Å². The van der Waals surface area contributed by atoms with E-state index in [2.05, 4.69) is 32.9 Å². The van der Waals surface area contributed by atoms with Gasteiger partial charge in [0.1, 0.15) is 9.88 Å². The molecule has 1 N–H and O–H groups in total. The van der Waals surface area contributed by atoms with Crippen molar-refractivity contribution in [3.05, 3.63) is 68.7 Å². The minimum Gasteiger partial charge on any atom is -0.320 e. The summed E-state index contributed by atoms with van der Waals surface area (Å²) in [6, 6.07) is 17.6. The minimum absolute atomic E-state index is 0.110. The van der Waals surface area contributed by atoms with Gasteiger partial charge in [0, 0.05) is 9.13 Å². The maximum absolute atomic E-state index is 12.5. The van der Waals surface area contributed by atoms with Gasteiger partial charge in [-0.3, -0.25) is 4.79 Å². The molecular weight excluding hydrogens is 407 g/mol. The molecule has 0 saturated carbocycles. The molecule has 1 heterocycles. The summed E-state index contributed by atoms with van der Waals surface area (Å²) in [6.07, 6.45) is 0. The SMILES string of the molecule is Cc1nc(-c2ccccc2)sc1C(=O)Nc1ccccc1I. The van der Waals surface area contributed by atoms with Gasteiger partial charge in [0.15, 0.2) is 0 Å². The zero-order valence-corrected chi connectivity index (χ0v) is 14.8. The first-order chi connectivity index (χ1) is 10.6. The van der Waals surface area contributed by atoms with Crippen LogP contribution in [0.3, 0.4) is 0 Å². The van der Waals surface area contributed by atoms with Gasteiger partial charge < -0.3 is 5.32 Å². The smallest absolute Gasteiger partial charge is 0.267 e. The molecule has 0 bridgehead atoms. The fourth-order valence-electron chi connectivity index (χ4n) is 2.05. The lowest BCUT2D eigenvalue weighted by Crippen LogP contribution is -2.12. The number of hydrogen-bond donors (Lipinski definition) is 1. The van der Waals surface area contributed by atoms with Crippen LogP contribution < -0.4 is 5.32 Å².